The Labute approximate surface area is 185 Å². The van der Waals surface area contributed by atoms with Crippen LogP contribution in [-0.4, -0.2) is 54.7 Å². The molecule has 3 aliphatic heterocycles. The topological polar surface area (TPSA) is 65.0 Å². The number of nitrogens with zero attached hydrogens (tertiary/aromatic N) is 4. The Kier molecular flexibility index (Phi) is 5.08. The largest absolute Gasteiger partial charge is 0.399 e. The van der Waals surface area contributed by atoms with Gasteiger partial charge < -0.3 is 31.1 Å². The molecular weight excluding hydrogens is 384 g/mol. The first kappa shape index (κ1) is 19.9. The molecule has 2 fully saturated rings. The van der Waals surface area contributed by atoms with E-state index in [9.17, 15) is 0 Å². The maximum absolute atomic E-state index is 6.00. The van der Waals surface area contributed by atoms with Gasteiger partial charge >= 0.3 is 0 Å². The van der Waals surface area contributed by atoms with E-state index < -0.39 is 0 Å². The summed E-state index contributed by atoms with van der Waals surface area (Å²) in [6.07, 6.45) is 7.00. The fourth-order valence-corrected chi connectivity index (χ4v) is 5.14. The van der Waals surface area contributed by atoms with Crippen molar-refractivity contribution in [2.75, 3.05) is 54.1 Å². The third-order valence-electron chi connectivity index (χ3n) is 7.28. The summed E-state index contributed by atoms with van der Waals surface area (Å²) in [5.41, 5.74) is 18.7. The van der Waals surface area contributed by atoms with Gasteiger partial charge in [0.15, 0.2) is 0 Å². The molecule has 2 unspecified atom stereocenters. The zero-order valence-electron chi connectivity index (χ0n) is 18.7. The van der Waals surface area contributed by atoms with Gasteiger partial charge in [0.05, 0.1) is 6.67 Å². The highest BCUT2D eigenvalue weighted by Gasteiger charge is 2.33. The molecule has 0 radical (unpaired) electrons. The van der Waals surface area contributed by atoms with Crippen LogP contribution in [0.25, 0.3) is 0 Å². The summed E-state index contributed by atoms with van der Waals surface area (Å²) in [6.45, 7) is 9.52. The zero-order valence-corrected chi connectivity index (χ0v) is 18.7. The maximum atomic E-state index is 6.00. The lowest BCUT2D eigenvalue weighted by atomic mass is 10.1. The van der Waals surface area contributed by atoms with Gasteiger partial charge in [-0.05, 0) is 74.2 Å². The summed E-state index contributed by atoms with van der Waals surface area (Å²) in [5, 5.41) is 0. The zero-order chi connectivity index (χ0) is 21.5. The van der Waals surface area contributed by atoms with Crippen molar-refractivity contribution < 1.29 is 0 Å². The number of hydrogen-bond acceptors (Lipinski definition) is 6. The summed E-state index contributed by atoms with van der Waals surface area (Å²) >= 11 is 0. The number of aryl methyl sites for hydroxylation is 2. The van der Waals surface area contributed by atoms with E-state index in [2.05, 4.69) is 70.1 Å². The van der Waals surface area contributed by atoms with E-state index in [0.29, 0.717) is 12.1 Å². The molecule has 0 saturated carbocycles. The Balaban J connectivity index is 1.17. The van der Waals surface area contributed by atoms with E-state index in [1.807, 2.05) is 12.1 Å². The molecule has 0 aliphatic carbocycles. The number of rotatable bonds is 4. The highest BCUT2D eigenvalue weighted by atomic mass is 15.4. The van der Waals surface area contributed by atoms with Gasteiger partial charge in [0, 0.05) is 73.4 Å². The van der Waals surface area contributed by atoms with Crippen LogP contribution in [0.4, 0.5) is 22.7 Å². The third kappa shape index (κ3) is 3.87. The molecule has 2 saturated heterocycles. The van der Waals surface area contributed by atoms with Gasteiger partial charge in [0.25, 0.3) is 0 Å². The smallest absolute Gasteiger partial charge is 0.0901 e. The first-order chi connectivity index (χ1) is 15.0. The SMILES string of the molecule is Cc1cc(N2CCC(N3C=CN(C4CCN(c5ccc(N)c(C)c5)C4)C3)C2)ccc1N. The van der Waals surface area contributed by atoms with E-state index in [1.165, 1.54) is 24.2 Å². The first-order valence-electron chi connectivity index (χ1n) is 11.4. The summed E-state index contributed by atoms with van der Waals surface area (Å²) in [6, 6.07) is 13.9. The summed E-state index contributed by atoms with van der Waals surface area (Å²) in [7, 11) is 0. The molecule has 2 aromatic carbocycles. The van der Waals surface area contributed by atoms with Gasteiger partial charge in [-0.3, -0.25) is 0 Å². The molecule has 31 heavy (non-hydrogen) atoms. The van der Waals surface area contributed by atoms with Crippen molar-refractivity contribution in [3.63, 3.8) is 0 Å². The minimum atomic E-state index is 0.566. The van der Waals surface area contributed by atoms with Crippen LogP contribution in [0.15, 0.2) is 48.8 Å². The van der Waals surface area contributed by atoms with Crippen LogP contribution in [0.1, 0.15) is 24.0 Å². The molecule has 3 heterocycles. The van der Waals surface area contributed by atoms with Crippen molar-refractivity contribution in [1.82, 2.24) is 9.80 Å². The number of nitrogen functional groups attached to an aromatic ring is 2. The number of hydrogen-bond donors (Lipinski definition) is 2. The van der Waals surface area contributed by atoms with Crippen molar-refractivity contribution in [2.24, 2.45) is 0 Å². The average Bonchev–Trinajstić information content (AvgIpc) is 3.51. The molecule has 2 atom stereocenters. The molecule has 6 heteroatoms. The molecule has 6 nitrogen and oxygen atoms in total. The molecule has 3 aliphatic rings. The normalized spacial score (nSPS) is 23.4. The maximum Gasteiger partial charge on any atom is 0.0901 e. The van der Waals surface area contributed by atoms with Crippen LogP contribution in [0.2, 0.25) is 0 Å². The molecule has 2 aromatic rings. The lowest BCUT2D eigenvalue weighted by Gasteiger charge is -2.30. The Bertz CT molecular complexity index is 908. The monoisotopic (exact) mass is 418 g/mol. The number of nitrogens with two attached hydrogens (primary N) is 2. The second-order valence-electron chi connectivity index (χ2n) is 9.33. The van der Waals surface area contributed by atoms with Crippen molar-refractivity contribution in [1.29, 1.82) is 0 Å². The van der Waals surface area contributed by atoms with Crippen molar-refractivity contribution >= 4 is 22.7 Å². The molecule has 0 aromatic heterocycles. The predicted molar refractivity (Wildman–Crippen MR) is 130 cm³/mol. The molecule has 164 valence electrons. The van der Waals surface area contributed by atoms with Gasteiger partial charge in [-0.25, -0.2) is 0 Å². The van der Waals surface area contributed by atoms with E-state index in [-0.39, 0.29) is 0 Å². The van der Waals surface area contributed by atoms with Crippen LogP contribution in [0.3, 0.4) is 0 Å². The van der Waals surface area contributed by atoms with Crippen molar-refractivity contribution in [3.05, 3.63) is 59.9 Å². The highest BCUT2D eigenvalue weighted by Crippen LogP contribution is 2.30. The quantitative estimate of drug-likeness (QED) is 0.742. The minimum Gasteiger partial charge on any atom is -0.399 e. The number of anilines is 4. The molecule has 5 rings (SSSR count). The summed E-state index contributed by atoms with van der Waals surface area (Å²) in [5.74, 6) is 0. The van der Waals surface area contributed by atoms with Crippen molar-refractivity contribution in [3.8, 4) is 0 Å². The van der Waals surface area contributed by atoms with E-state index in [1.54, 1.807) is 0 Å². The van der Waals surface area contributed by atoms with Crippen LogP contribution in [0, 0.1) is 13.8 Å². The second kappa shape index (κ2) is 7.91. The van der Waals surface area contributed by atoms with Crippen LogP contribution >= 0.6 is 0 Å². The predicted octanol–water partition coefficient (Wildman–Crippen LogP) is 3.37. The van der Waals surface area contributed by atoms with Crippen LogP contribution < -0.4 is 21.3 Å². The van der Waals surface area contributed by atoms with Gasteiger partial charge in [0.2, 0.25) is 0 Å². The van der Waals surface area contributed by atoms with Gasteiger partial charge in [-0.2, -0.15) is 0 Å². The lowest BCUT2D eigenvalue weighted by molar-refractivity contribution is 0.190. The summed E-state index contributed by atoms with van der Waals surface area (Å²) in [4.78, 5) is 10.0. The Morgan fingerprint density at radius 1 is 0.710 bits per heavy atom. The highest BCUT2D eigenvalue weighted by molar-refractivity contribution is 5.59. The molecule has 4 N–H and O–H groups in total. The first-order valence-corrected chi connectivity index (χ1v) is 11.4. The Morgan fingerprint density at radius 3 is 1.58 bits per heavy atom. The Morgan fingerprint density at radius 2 is 1.16 bits per heavy atom. The summed E-state index contributed by atoms with van der Waals surface area (Å²) < 4.78 is 0. The lowest BCUT2D eigenvalue weighted by Crippen LogP contribution is -2.40. The van der Waals surface area contributed by atoms with Gasteiger partial charge in [-0.1, -0.05) is 0 Å². The number of benzene rings is 2. The van der Waals surface area contributed by atoms with Crippen LogP contribution in [-0.2, 0) is 0 Å². The Hall–Kier alpha value is -3.02. The van der Waals surface area contributed by atoms with Crippen molar-refractivity contribution in [2.45, 2.75) is 38.8 Å². The molecule has 0 amide bonds. The molecular formula is C25H34N6. The van der Waals surface area contributed by atoms with Crippen LogP contribution in [0.5, 0.6) is 0 Å². The minimum absolute atomic E-state index is 0.566. The van der Waals surface area contributed by atoms with E-state index >= 15 is 0 Å². The molecule has 0 bridgehead atoms. The van der Waals surface area contributed by atoms with Gasteiger partial charge in [-0.15, -0.1) is 0 Å². The van der Waals surface area contributed by atoms with Gasteiger partial charge in [0.1, 0.15) is 0 Å². The molecule has 0 spiro atoms. The fourth-order valence-electron chi connectivity index (χ4n) is 5.14. The fraction of sp³-hybridized carbons (Fsp3) is 0.440. The third-order valence-corrected chi connectivity index (χ3v) is 7.28. The van der Waals surface area contributed by atoms with E-state index in [4.69, 9.17) is 11.5 Å². The standard InChI is InChI=1S/C25H34N6/c1-18-13-20(3-5-24(18)26)28-9-7-22(15-28)30-11-12-31(17-30)23-8-10-29(16-23)21-4-6-25(27)19(2)14-21/h3-6,11-14,22-23H,7-10,15-17,26-27H2,1-2H3. The second-order valence-corrected chi connectivity index (χ2v) is 9.33. The van der Waals surface area contributed by atoms with E-state index in [0.717, 1.165) is 55.3 Å². The average molecular weight is 419 g/mol.